The SMILES string of the molecule is O=C(Nc1cccc(CN2CCC(C(=O)NC3CCCCC3)CC2)c1Cl)c1ccc(Cl)cc1. The summed E-state index contributed by atoms with van der Waals surface area (Å²) in [5.41, 5.74) is 2.08. The predicted molar refractivity (Wildman–Crippen MR) is 134 cm³/mol. The number of rotatable bonds is 6. The number of hydrogen-bond donors (Lipinski definition) is 2. The molecule has 1 heterocycles. The maximum atomic E-state index is 12.7. The number of anilines is 1. The normalized spacial score (nSPS) is 18.1. The average molecular weight is 488 g/mol. The molecule has 1 saturated heterocycles. The van der Waals surface area contributed by atoms with Gasteiger partial charge in [0.05, 0.1) is 10.7 Å². The second-order valence-corrected chi connectivity index (χ2v) is 9.95. The molecule has 4 rings (SSSR count). The Morgan fingerprint density at radius 2 is 1.61 bits per heavy atom. The van der Waals surface area contributed by atoms with Crippen molar-refractivity contribution in [1.82, 2.24) is 10.2 Å². The summed E-state index contributed by atoms with van der Waals surface area (Å²) in [6, 6.07) is 12.8. The monoisotopic (exact) mass is 487 g/mol. The summed E-state index contributed by atoms with van der Waals surface area (Å²) in [5, 5.41) is 7.31. The number of nitrogens with zero attached hydrogens (tertiary/aromatic N) is 1. The molecule has 1 aliphatic heterocycles. The van der Waals surface area contributed by atoms with Gasteiger partial charge in [-0.2, -0.15) is 0 Å². The lowest BCUT2D eigenvalue weighted by atomic mass is 9.92. The third-order valence-electron chi connectivity index (χ3n) is 6.74. The van der Waals surface area contributed by atoms with E-state index in [0.717, 1.165) is 44.3 Å². The summed E-state index contributed by atoms with van der Waals surface area (Å²) in [7, 11) is 0. The largest absolute Gasteiger partial charge is 0.353 e. The Bertz CT molecular complexity index is 966. The second kappa shape index (κ2) is 11.4. The molecule has 7 heteroatoms. The Morgan fingerprint density at radius 1 is 0.909 bits per heavy atom. The van der Waals surface area contributed by atoms with E-state index in [2.05, 4.69) is 15.5 Å². The fraction of sp³-hybridized carbons (Fsp3) is 0.462. The number of benzene rings is 2. The maximum Gasteiger partial charge on any atom is 0.255 e. The van der Waals surface area contributed by atoms with Crippen LogP contribution in [-0.2, 0) is 11.3 Å². The van der Waals surface area contributed by atoms with Gasteiger partial charge >= 0.3 is 0 Å². The molecular formula is C26H31Cl2N3O2. The van der Waals surface area contributed by atoms with Crippen LogP contribution in [0.3, 0.4) is 0 Å². The standard InChI is InChI=1S/C26H31Cl2N3O2/c27-21-11-9-18(10-12-21)26(33)30-23-8-4-5-20(24(23)28)17-31-15-13-19(14-16-31)25(32)29-22-6-2-1-3-7-22/h4-5,8-12,19,22H,1-3,6-7,13-17H2,(H,29,32)(H,30,33). The number of halogens is 2. The summed E-state index contributed by atoms with van der Waals surface area (Å²) in [4.78, 5) is 27.6. The van der Waals surface area contributed by atoms with E-state index >= 15 is 0 Å². The van der Waals surface area contributed by atoms with Crippen molar-refractivity contribution >= 4 is 40.7 Å². The van der Waals surface area contributed by atoms with Crippen molar-refractivity contribution in [1.29, 1.82) is 0 Å². The molecule has 0 atom stereocenters. The van der Waals surface area contributed by atoms with Gasteiger partial charge in [0.1, 0.15) is 0 Å². The minimum Gasteiger partial charge on any atom is -0.353 e. The molecule has 0 unspecified atom stereocenters. The molecule has 2 amide bonds. The third kappa shape index (κ3) is 6.50. The van der Waals surface area contributed by atoms with Gasteiger partial charge in [-0.05, 0) is 74.7 Å². The fourth-order valence-electron chi connectivity index (χ4n) is 4.75. The van der Waals surface area contributed by atoms with Crippen molar-refractivity contribution in [3.8, 4) is 0 Å². The highest BCUT2D eigenvalue weighted by atomic mass is 35.5. The van der Waals surface area contributed by atoms with E-state index < -0.39 is 0 Å². The molecule has 176 valence electrons. The Morgan fingerprint density at radius 3 is 2.30 bits per heavy atom. The first-order chi connectivity index (χ1) is 16.0. The lowest BCUT2D eigenvalue weighted by Gasteiger charge is -2.33. The Kier molecular flexibility index (Phi) is 8.29. The number of carbonyl (C=O) groups is 2. The Labute approximate surface area is 205 Å². The molecular weight excluding hydrogens is 457 g/mol. The number of likely N-dealkylation sites (tertiary alicyclic amines) is 1. The molecule has 0 spiro atoms. The summed E-state index contributed by atoms with van der Waals surface area (Å²) >= 11 is 12.6. The van der Waals surface area contributed by atoms with Crippen molar-refractivity contribution < 1.29 is 9.59 Å². The number of nitrogens with one attached hydrogen (secondary N) is 2. The molecule has 2 aliphatic rings. The Hall–Kier alpha value is -2.08. The molecule has 1 saturated carbocycles. The average Bonchev–Trinajstić information content (AvgIpc) is 2.83. The quantitative estimate of drug-likeness (QED) is 0.532. The second-order valence-electron chi connectivity index (χ2n) is 9.13. The first kappa shape index (κ1) is 24.1. The maximum absolute atomic E-state index is 12.7. The first-order valence-electron chi connectivity index (χ1n) is 11.9. The van der Waals surface area contributed by atoms with E-state index in [0.29, 0.717) is 33.9 Å². The van der Waals surface area contributed by atoms with E-state index in [1.54, 1.807) is 24.3 Å². The Balaban J connectivity index is 1.30. The van der Waals surface area contributed by atoms with Crippen molar-refractivity contribution in [3.05, 3.63) is 63.6 Å². The predicted octanol–water partition coefficient (Wildman–Crippen LogP) is 5.91. The van der Waals surface area contributed by atoms with Crippen molar-refractivity contribution in [2.24, 2.45) is 5.92 Å². The van der Waals surface area contributed by atoms with Crippen LogP contribution in [0.1, 0.15) is 60.9 Å². The summed E-state index contributed by atoms with van der Waals surface area (Å²) in [5.74, 6) is 0.102. The van der Waals surface area contributed by atoms with Gasteiger partial charge in [-0.25, -0.2) is 0 Å². The molecule has 1 aliphatic carbocycles. The number of hydrogen-bond acceptors (Lipinski definition) is 3. The lowest BCUT2D eigenvalue weighted by Crippen LogP contribution is -2.44. The van der Waals surface area contributed by atoms with Crippen LogP contribution >= 0.6 is 23.2 Å². The number of piperidine rings is 1. The zero-order chi connectivity index (χ0) is 23.2. The zero-order valence-corrected chi connectivity index (χ0v) is 20.3. The number of amides is 2. The van der Waals surface area contributed by atoms with Gasteiger partial charge in [0.25, 0.3) is 5.91 Å². The van der Waals surface area contributed by atoms with Crippen LogP contribution in [0, 0.1) is 5.92 Å². The van der Waals surface area contributed by atoms with Gasteiger partial charge in [-0.1, -0.05) is 54.6 Å². The summed E-state index contributed by atoms with van der Waals surface area (Å²) in [6.07, 6.45) is 7.71. The van der Waals surface area contributed by atoms with Crippen LogP contribution in [0.2, 0.25) is 10.0 Å². The van der Waals surface area contributed by atoms with Crippen LogP contribution in [0.5, 0.6) is 0 Å². The highest BCUT2D eigenvalue weighted by Crippen LogP contribution is 2.29. The zero-order valence-electron chi connectivity index (χ0n) is 18.8. The molecule has 0 bridgehead atoms. The first-order valence-corrected chi connectivity index (χ1v) is 12.6. The molecule has 2 fully saturated rings. The van der Waals surface area contributed by atoms with Gasteiger partial charge in [-0.3, -0.25) is 14.5 Å². The molecule has 2 aromatic carbocycles. The molecule has 33 heavy (non-hydrogen) atoms. The van der Waals surface area contributed by atoms with Crippen LogP contribution in [0.4, 0.5) is 5.69 Å². The summed E-state index contributed by atoms with van der Waals surface area (Å²) < 4.78 is 0. The van der Waals surface area contributed by atoms with Gasteiger partial charge in [0.2, 0.25) is 5.91 Å². The van der Waals surface area contributed by atoms with E-state index in [9.17, 15) is 9.59 Å². The van der Waals surface area contributed by atoms with Gasteiger partial charge in [0, 0.05) is 29.1 Å². The van der Waals surface area contributed by atoms with Gasteiger partial charge in [0.15, 0.2) is 0 Å². The third-order valence-corrected chi connectivity index (χ3v) is 7.44. The number of carbonyl (C=O) groups excluding carboxylic acids is 2. The topological polar surface area (TPSA) is 61.4 Å². The molecule has 0 radical (unpaired) electrons. The van der Waals surface area contributed by atoms with Crippen LogP contribution < -0.4 is 10.6 Å². The van der Waals surface area contributed by atoms with Crippen LogP contribution in [0.15, 0.2) is 42.5 Å². The van der Waals surface area contributed by atoms with E-state index in [1.165, 1.54) is 19.3 Å². The molecule has 2 N–H and O–H groups in total. The van der Waals surface area contributed by atoms with E-state index in [1.807, 2.05) is 18.2 Å². The van der Waals surface area contributed by atoms with Crippen molar-refractivity contribution in [2.75, 3.05) is 18.4 Å². The molecule has 0 aromatic heterocycles. The smallest absolute Gasteiger partial charge is 0.255 e. The highest BCUT2D eigenvalue weighted by Gasteiger charge is 2.27. The minimum atomic E-state index is -0.226. The minimum absolute atomic E-state index is 0.101. The van der Waals surface area contributed by atoms with E-state index in [-0.39, 0.29) is 17.7 Å². The van der Waals surface area contributed by atoms with Gasteiger partial charge < -0.3 is 10.6 Å². The van der Waals surface area contributed by atoms with Crippen LogP contribution in [-0.4, -0.2) is 35.8 Å². The molecule has 5 nitrogen and oxygen atoms in total. The van der Waals surface area contributed by atoms with Crippen LogP contribution in [0.25, 0.3) is 0 Å². The lowest BCUT2D eigenvalue weighted by molar-refractivity contribution is -0.127. The van der Waals surface area contributed by atoms with Crippen molar-refractivity contribution in [3.63, 3.8) is 0 Å². The summed E-state index contributed by atoms with van der Waals surface area (Å²) in [6.45, 7) is 2.42. The van der Waals surface area contributed by atoms with E-state index in [4.69, 9.17) is 23.2 Å². The van der Waals surface area contributed by atoms with Gasteiger partial charge in [-0.15, -0.1) is 0 Å². The van der Waals surface area contributed by atoms with Crippen molar-refractivity contribution in [2.45, 2.75) is 57.5 Å². The molecule has 2 aromatic rings. The highest BCUT2D eigenvalue weighted by molar-refractivity contribution is 6.34. The fourth-order valence-corrected chi connectivity index (χ4v) is 5.11.